The quantitative estimate of drug-likeness (QED) is 0.815. The Morgan fingerprint density at radius 1 is 1.23 bits per heavy atom. The molecular formula is C19H25N3O3S. The maximum Gasteiger partial charge on any atom is 0.229 e. The van der Waals surface area contributed by atoms with Gasteiger partial charge in [0, 0.05) is 37.3 Å². The van der Waals surface area contributed by atoms with Crippen LogP contribution in [-0.2, 0) is 16.0 Å². The number of aromatic nitrogens is 1. The Morgan fingerprint density at radius 3 is 2.96 bits per heavy atom. The van der Waals surface area contributed by atoms with Crippen LogP contribution in [0.1, 0.15) is 12.1 Å². The van der Waals surface area contributed by atoms with Crippen LogP contribution in [0.4, 0.5) is 0 Å². The van der Waals surface area contributed by atoms with Gasteiger partial charge in [-0.05, 0) is 24.3 Å². The lowest BCUT2D eigenvalue weighted by molar-refractivity contribution is -0.133. The molecule has 2 fully saturated rings. The number of thioether (sulfide) groups is 1. The molecule has 2 saturated heterocycles. The zero-order chi connectivity index (χ0) is 17.8. The van der Waals surface area contributed by atoms with E-state index in [0.29, 0.717) is 6.42 Å². The van der Waals surface area contributed by atoms with Crippen LogP contribution in [0.25, 0.3) is 11.0 Å². The van der Waals surface area contributed by atoms with Gasteiger partial charge in [0.05, 0.1) is 25.7 Å². The molecular weight excluding hydrogens is 350 g/mol. The number of hydrogen-bond acceptors (Lipinski definition) is 6. The summed E-state index contributed by atoms with van der Waals surface area (Å²) >= 11 is 1.96. The summed E-state index contributed by atoms with van der Waals surface area (Å²) in [6.07, 6.45) is 1.36. The molecule has 2 aromatic rings. The highest BCUT2D eigenvalue weighted by Gasteiger charge is 2.29. The smallest absolute Gasteiger partial charge is 0.229 e. The third-order valence-corrected chi connectivity index (χ3v) is 6.30. The Kier molecular flexibility index (Phi) is 5.77. The van der Waals surface area contributed by atoms with E-state index in [-0.39, 0.29) is 11.9 Å². The van der Waals surface area contributed by atoms with Gasteiger partial charge in [-0.15, -0.1) is 0 Å². The zero-order valence-corrected chi connectivity index (χ0v) is 15.7. The van der Waals surface area contributed by atoms with Gasteiger partial charge in [0.25, 0.3) is 0 Å². The van der Waals surface area contributed by atoms with E-state index in [9.17, 15) is 4.79 Å². The molecule has 0 N–H and O–H groups in total. The van der Waals surface area contributed by atoms with Crippen molar-refractivity contribution in [2.45, 2.75) is 18.9 Å². The topological polar surface area (TPSA) is 58.8 Å². The summed E-state index contributed by atoms with van der Waals surface area (Å²) in [6.45, 7) is 5.25. The van der Waals surface area contributed by atoms with Crippen molar-refractivity contribution in [1.29, 1.82) is 0 Å². The van der Waals surface area contributed by atoms with Crippen molar-refractivity contribution in [3.05, 3.63) is 30.0 Å². The lowest BCUT2D eigenvalue weighted by atomic mass is 10.1. The number of nitrogens with zero attached hydrogens (tertiary/aromatic N) is 3. The van der Waals surface area contributed by atoms with Crippen LogP contribution in [-0.4, -0.2) is 77.8 Å². The number of morpholine rings is 1. The van der Waals surface area contributed by atoms with Crippen LogP contribution in [0, 0.1) is 0 Å². The average Bonchev–Trinajstić information content (AvgIpc) is 2.92. The second-order valence-corrected chi connectivity index (χ2v) is 8.03. The van der Waals surface area contributed by atoms with Crippen molar-refractivity contribution in [2.24, 2.45) is 0 Å². The monoisotopic (exact) mass is 375 g/mol. The maximum atomic E-state index is 13.1. The van der Waals surface area contributed by atoms with E-state index in [1.54, 1.807) is 0 Å². The van der Waals surface area contributed by atoms with Crippen LogP contribution < -0.4 is 0 Å². The molecule has 0 bridgehead atoms. The third-order valence-electron chi connectivity index (χ3n) is 5.10. The Hall–Kier alpha value is -1.57. The minimum absolute atomic E-state index is 0.157. The standard InChI is InChI=1S/C19H25N3O3S/c23-19(12-17-16-4-1-2-5-18(16)25-20-17)22-6-3-11-26-14-15(22)13-21-7-9-24-10-8-21/h1-2,4-5,15H,3,6-14H2. The van der Waals surface area contributed by atoms with Crippen molar-refractivity contribution in [2.75, 3.05) is 50.9 Å². The normalized spacial score (nSPS) is 22.5. The predicted octanol–water partition coefficient (Wildman–Crippen LogP) is 2.04. The highest BCUT2D eigenvalue weighted by molar-refractivity contribution is 7.99. The van der Waals surface area contributed by atoms with Gasteiger partial charge in [-0.25, -0.2) is 0 Å². The number of rotatable bonds is 4. The third kappa shape index (κ3) is 4.05. The first-order valence-electron chi connectivity index (χ1n) is 9.32. The molecule has 6 nitrogen and oxygen atoms in total. The SMILES string of the molecule is O=C(Cc1noc2ccccc12)N1CCCSCC1CN1CCOCC1. The summed E-state index contributed by atoms with van der Waals surface area (Å²) in [7, 11) is 0. The molecule has 3 heterocycles. The van der Waals surface area contributed by atoms with Crippen LogP contribution in [0.2, 0.25) is 0 Å². The zero-order valence-electron chi connectivity index (χ0n) is 14.9. The van der Waals surface area contributed by atoms with Gasteiger partial charge < -0.3 is 14.2 Å². The highest BCUT2D eigenvalue weighted by Crippen LogP contribution is 2.22. The Bertz CT molecular complexity index is 744. The molecule has 1 amide bonds. The molecule has 2 aliphatic heterocycles. The fraction of sp³-hybridized carbons (Fsp3) is 0.579. The number of ether oxygens (including phenoxy) is 1. The Morgan fingerprint density at radius 2 is 2.08 bits per heavy atom. The number of hydrogen-bond donors (Lipinski definition) is 0. The van der Waals surface area contributed by atoms with E-state index in [2.05, 4.69) is 15.0 Å². The molecule has 1 unspecified atom stereocenters. The van der Waals surface area contributed by atoms with Crippen molar-refractivity contribution < 1.29 is 14.1 Å². The second-order valence-electron chi connectivity index (χ2n) is 6.88. The first kappa shape index (κ1) is 17.8. The number of benzene rings is 1. The van der Waals surface area contributed by atoms with Crippen molar-refractivity contribution in [3.63, 3.8) is 0 Å². The average molecular weight is 375 g/mol. The first-order chi connectivity index (χ1) is 12.8. The van der Waals surface area contributed by atoms with E-state index in [1.165, 1.54) is 0 Å². The molecule has 4 rings (SSSR count). The summed E-state index contributed by atoms with van der Waals surface area (Å²) in [5.41, 5.74) is 1.49. The van der Waals surface area contributed by atoms with E-state index in [1.807, 2.05) is 36.0 Å². The summed E-state index contributed by atoms with van der Waals surface area (Å²) in [5.74, 6) is 2.28. The van der Waals surface area contributed by atoms with Gasteiger partial charge in [0.1, 0.15) is 5.69 Å². The fourth-order valence-corrected chi connectivity index (χ4v) is 4.76. The lowest BCUT2D eigenvalue weighted by Crippen LogP contribution is -2.50. The molecule has 140 valence electrons. The van der Waals surface area contributed by atoms with E-state index in [4.69, 9.17) is 9.26 Å². The minimum atomic E-state index is 0.157. The van der Waals surface area contributed by atoms with Crippen LogP contribution >= 0.6 is 11.8 Å². The fourth-order valence-electron chi connectivity index (χ4n) is 3.70. The molecule has 0 aliphatic carbocycles. The van der Waals surface area contributed by atoms with Crippen molar-refractivity contribution >= 4 is 28.6 Å². The number of amides is 1. The Balaban J connectivity index is 1.47. The molecule has 0 radical (unpaired) electrons. The van der Waals surface area contributed by atoms with Gasteiger partial charge in [0.2, 0.25) is 5.91 Å². The van der Waals surface area contributed by atoms with Gasteiger partial charge >= 0.3 is 0 Å². The van der Waals surface area contributed by atoms with Gasteiger partial charge in [-0.2, -0.15) is 11.8 Å². The number of para-hydroxylation sites is 1. The lowest BCUT2D eigenvalue weighted by Gasteiger charge is -2.35. The highest BCUT2D eigenvalue weighted by atomic mass is 32.2. The summed E-state index contributed by atoms with van der Waals surface area (Å²) in [5, 5.41) is 5.08. The van der Waals surface area contributed by atoms with Gasteiger partial charge in [-0.3, -0.25) is 9.69 Å². The number of carbonyl (C=O) groups is 1. The summed E-state index contributed by atoms with van der Waals surface area (Å²) in [6, 6.07) is 7.99. The first-order valence-corrected chi connectivity index (χ1v) is 10.5. The van der Waals surface area contributed by atoms with Gasteiger partial charge in [0.15, 0.2) is 5.58 Å². The van der Waals surface area contributed by atoms with Crippen molar-refractivity contribution in [3.8, 4) is 0 Å². The molecule has 0 saturated carbocycles. The molecule has 1 aromatic heterocycles. The molecule has 7 heteroatoms. The molecule has 26 heavy (non-hydrogen) atoms. The van der Waals surface area contributed by atoms with Crippen molar-refractivity contribution in [1.82, 2.24) is 15.0 Å². The molecule has 2 aliphatic rings. The van der Waals surface area contributed by atoms with E-state index in [0.717, 1.165) is 74.0 Å². The van der Waals surface area contributed by atoms with Crippen LogP contribution in [0.5, 0.6) is 0 Å². The molecule has 0 spiro atoms. The largest absolute Gasteiger partial charge is 0.379 e. The Labute approximate surface area is 157 Å². The predicted molar refractivity (Wildman–Crippen MR) is 102 cm³/mol. The van der Waals surface area contributed by atoms with E-state index >= 15 is 0 Å². The number of fused-ring (bicyclic) bond motifs is 1. The summed E-state index contributed by atoms with van der Waals surface area (Å²) < 4.78 is 10.8. The minimum Gasteiger partial charge on any atom is -0.379 e. The number of carbonyl (C=O) groups excluding carboxylic acids is 1. The second kappa shape index (κ2) is 8.41. The molecule has 1 aromatic carbocycles. The van der Waals surface area contributed by atoms with Crippen LogP contribution in [0.3, 0.4) is 0 Å². The molecule has 1 atom stereocenters. The van der Waals surface area contributed by atoms with E-state index < -0.39 is 0 Å². The maximum absolute atomic E-state index is 13.1. The van der Waals surface area contributed by atoms with Gasteiger partial charge in [-0.1, -0.05) is 17.3 Å². The summed E-state index contributed by atoms with van der Waals surface area (Å²) in [4.78, 5) is 17.6. The van der Waals surface area contributed by atoms with Crippen LogP contribution in [0.15, 0.2) is 28.8 Å².